The lowest BCUT2D eigenvalue weighted by Crippen LogP contribution is -2.23. The molecule has 1 aliphatic heterocycles. The van der Waals surface area contributed by atoms with Crippen LogP contribution in [0.15, 0.2) is 24.3 Å². The Bertz CT molecular complexity index is 453. The highest BCUT2D eigenvalue weighted by Crippen LogP contribution is 2.22. The van der Waals surface area contributed by atoms with E-state index in [-0.39, 0.29) is 11.3 Å². The largest absolute Gasteiger partial charge is 0.352 e. The number of carbonyl (C=O) groups excluding carboxylic acids is 1. The van der Waals surface area contributed by atoms with Crippen molar-refractivity contribution >= 4 is 5.91 Å². The summed E-state index contributed by atoms with van der Waals surface area (Å²) < 4.78 is 0. The summed E-state index contributed by atoms with van der Waals surface area (Å²) in [6.45, 7) is 9.44. The lowest BCUT2D eigenvalue weighted by Gasteiger charge is -2.19. The maximum atomic E-state index is 11.9. The van der Waals surface area contributed by atoms with E-state index in [0.717, 1.165) is 19.5 Å². The van der Waals surface area contributed by atoms with E-state index < -0.39 is 0 Å². The van der Waals surface area contributed by atoms with Crippen molar-refractivity contribution < 1.29 is 4.79 Å². The summed E-state index contributed by atoms with van der Waals surface area (Å²) in [6.07, 6.45) is 2.86. The fourth-order valence-corrected chi connectivity index (χ4v) is 2.71. The highest BCUT2D eigenvalue weighted by atomic mass is 16.1. The normalized spacial score (nSPS) is 18.7. The topological polar surface area (TPSA) is 41.1 Å². The average molecular weight is 288 g/mol. The van der Waals surface area contributed by atoms with Crippen molar-refractivity contribution in [1.82, 2.24) is 10.6 Å². The van der Waals surface area contributed by atoms with Gasteiger partial charge in [-0.15, -0.1) is 0 Å². The zero-order valence-corrected chi connectivity index (χ0v) is 13.5. The van der Waals surface area contributed by atoms with Gasteiger partial charge in [0.1, 0.15) is 0 Å². The molecule has 1 unspecified atom stereocenters. The maximum absolute atomic E-state index is 11.9. The Morgan fingerprint density at radius 1 is 1.29 bits per heavy atom. The molecule has 1 aromatic carbocycles. The third kappa shape index (κ3) is 5.16. The van der Waals surface area contributed by atoms with E-state index in [1.807, 2.05) is 0 Å². The minimum Gasteiger partial charge on any atom is -0.352 e. The Morgan fingerprint density at radius 2 is 2.00 bits per heavy atom. The number of benzene rings is 1. The second-order valence-electron chi connectivity index (χ2n) is 7.12. The van der Waals surface area contributed by atoms with Crippen LogP contribution >= 0.6 is 0 Å². The minimum absolute atomic E-state index is 0.168. The first-order chi connectivity index (χ1) is 9.95. The minimum atomic E-state index is 0.168. The molecule has 0 spiro atoms. The van der Waals surface area contributed by atoms with Crippen LogP contribution < -0.4 is 10.6 Å². The van der Waals surface area contributed by atoms with Crippen LogP contribution in [0.25, 0.3) is 0 Å². The van der Waals surface area contributed by atoms with Crippen molar-refractivity contribution in [3.8, 4) is 0 Å². The van der Waals surface area contributed by atoms with Crippen molar-refractivity contribution in [1.29, 1.82) is 0 Å². The van der Waals surface area contributed by atoms with Gasteiger partial charge in [0, 0.05) is 13.0 Å². The van der Waals surface area contributed by atoms with Crippen molar-refractivity contribution in [2.24, 2.45) is 5.92 Å². The van der Waals surface area contributed by atoms with E-state index in [9.17, 15) is 4.79 Å². The van der Waals surface area contributed by atoms with Crippen LogP contribution in [0.2, 0.25) is 0 Å². The van der Waals surface area contributed by atoms with Crippen molar-refractivity contribution in [2.45, 2.75) is 52.0 Å². The zero-order chi connectivity index (χ0) is 15.3. The first-order valence-corrected chi connectivity index (χ1v) is 8.02. The van der Waals surface area contributed by atoms with Crippen LogP contribution in [-0.4, -0.2) is 19.0 Å². The molecular formula is C18H28N2O. The monoisotopic (exact) mass is 288 g/mol. The number of hydrogen-bond acceptors (Lipinski definition) is 2. The molecule has 21 heavy (non-hydrogen) atoms. The van der Waals surface area contributed by atoms with Crippen LogP contribution in [0.1, 0.15) is 51.2 Å². The summed E-state index contributed by atoms with van der Waals surface area (Å²) in [5.74, 6) is 0.851. The molecule has 0 radical (unpaired) electrons. The molecule has 2 rings (SSSR count). The zero-order valence-electron chi connectivity index (χ0n) is 13.5. The molecule has 3 heteroatoms. The predicted molar refractivity (Wildman–Crippen MR) is 87.2 cm³/mol. The summed E-state index contributed by atoms with van der Waals surface area (Å²) in [4.78, 5) is 11.9. The molecule has 0 bridgehead atoms. The van der Waals surface area contributed by atoms with Gasteiger partial charge in [-0.3, -0.25) is 4.79 Å². The molecule has 3 nitrogen and oxygen atoms in total. The summed E-state index contributed by atoms with van der Waals surface area (Å²) in [5.41, 5.74) is 2.67. The molecule has 1 saturated heterocycles. The molecule has 1 atom stereocenters. The lowest BCUT2D eigenvalue weighted by molar-refractivity contribution is -0.121. The molecule has 0 aliphatic carbocycles. The molecule has 1 fully saturated rings. The van der Waals surface area contributed by atoms with E-state index in [1.54, 1.807) is 0 Å². The van der Waals surface area contributed by atoms with Crippen LogP contribution in [0.3, 0.4) is 0 Å². The van der Waals surface area contributed by atoms with Gasteiger partial charge in [0.05, 0.1) is 0 Å². The second kappa shape index (κ2) is 7.08. The van der Waals surface area contributed by atoms with E-state index in [2.05, 4.69) is 55.7 Å². The van der Waals surface area contributed by atoms with E-state index in [0.29, 0.717) is 18.9 Å². The molecule has 1 aliphatic rings. The molecule has 0 aromatic heterocycles. The Kier molecular flexibility index (Phi) is 5.40. The second-order valence-corrected chi connectivity index (χ2v) is 7.12. The van der Waals surface area contributed by atoms with Crippen molar-refractivity contribution in [2.75, 3.05) is 13.1 Å². The highest BCUT2D eigenvalue weighted by Gasteiger charge is 2.16. The van der Waals surface area contributed by atoms with Gasteiger partial charge in [-0.25, -0.2) is 0 Å². The first-order valence-electron chi connectivity index (χ1n) is 8.02. The third-order valence-corrected chi connectivity index (χ3v) is 4.25. The molecule has 1 amide bonds. The van der Waals surface area contributed by atoms with Crippen molar-refractivity contribution in [3.05, 3.63) is 35.4 Å². The van der Waals surface area contributed by atoms with E-state index in [1.165, 1.54) is 17.5 Å². The summed E-state index contributed by atoms with van der Waals surface area (Å²) >= 11 is 0. The number of amides is 1. The van der Waals surface area contributed by atoms with Gasteiger partial charge in [0.2, 0.25) is 5.91 Å². The average Bonchev–Trinajstić information content (AvgIpc) is 2.95. The Hall–Kier alpha value is -1.35. The number of hydrogen-bond donors (Lipinski definition) is 2. The smallest absolute Gasteiger partial charge is 0.220 e. The van der Waals surface area contributed by atoms with Crippen LogP contribution in [0, 0.1) is 5.92 Å². The number of carbonyl (C=O) groups is 1. The van der Waals surface area contributed by atoms with Gasteiger partial charge < -0.3 is 10.6 Å². The van der Waals surface area contributed by atoms with Gasteiger partial charge in [-0.05, 0) is 48.4 Å². The summed E-state index contributed by atoms with van der Waals surface area (Å²) in [5, 5.41) is 6.36. The van der Waals surface area contributed by atoms with Gasteiger partial charge in [-0.2, -0.15) is 0 Å². The summed E-state index contributed by atoms with van der Waals surface area (Å²) in [6, 6.07) is 8.54. The Labute approximate surface area is 128 Å². The van der Waals surface area contributed by atoms with Crippen LogP contribution in [0.4, 0.5) is 0 Å². The van der Waals surface area contributed by atoms with Crippen LogP contribution in [0.5, 0.6) is 0 Å². The van der Waals surface area contributed by atoms with Gasteiger partial charge >= 0.3 is 0 Å². The molecular weight excluding hydrogens is 260 g/mol. The van der Waals surface area contributed by atoms with E-state index >= 15 is 0 Å². The fourth-order valence-electron chi connectivity index (χ4n) is 2.71. The molecule has 116 valence electrons. The number of nitrogens with one attached hydrogen (secondary N) is 2. The molecule has 1 heterocycles. The maximum Gasteiger partial charge on any atom is 0.220 e. The van der Waals surface area contributed by atoms with Crippen molar-refractivity contribution in [3.63, 3.8) is 0 Å². The SMILES string of the molecule is CC(C)(C)c1ccc(CNC(=O)CCC2CCNC2)cc1. The number of rotatable bonds is 5. The van der Waals surface area contributed by atoms with Gasteiger partial charge in [-0.1, -0.05) is 45.0 Å². The highest BCUT2D eigenvalue weighted by molar-refractivity contribution is 5.75. The van der Waals surface area contributed by atoms with Crippen LogP contribution in [-0.2, 0) is 16.8 Å². The summed E-state index contributed by atoms with van der Waals surface area (Å²) in [7, 11) is 0. The third-order valence-electron chi connectivity index (χ3n) is 4.25. The Balaban J connectivity index is 1.73. The van der Waals surface area contributed by atoms with Gasteiger partial charge in [0.15, 0.2) is 0 Å². The Morgan fingerprint density at radius 3 is 2.57 bits per heavy atom. The predicted octanol–water partition coefficient (Wildman–Crippen LogP) is 2.99. The first kappa shape index (κ1) is 16.0. The molecule has 2 N–H and O–H groups in total. The van der Waals surface area contributed by atoms with E-state index in [4.69, 9.17) is 0 Å². The quantitative estimate of drug-likeness (QED) is 0.874. The lowest BCUT2D eigenvalue weighted by atomic mass is 9.87. The fraction of sp³-hybridized carbons (Fsp3) is 0.611. The molecule has 0 saturated carbocycles. The molecule has 1 aromatic rings. The standard InChI is InChI=1S/C18H28N2O/c1-18(2,3)16-7-4-14(5-8-16)13-20-17(21)9-6-15-10-11-19-12-15/h4-5,7-8,15,19H,6,9-13H2,1-3H3,(H,20,21). The van der Waals surface area contributed by atoms with Gasteiger partial charge in [0.25, 0.3) is 0 Å².